The molecule has 1 saturated heterocycles. The topological polar surface area (TPSA) is 87.5 Å². The molecule has 2 aromatic rings. The van der Waals surface area contributed by atoms with Gasteiger partial charge >= 0.3 is 0 Å². The van der Waals surface area contributed by atoms with Crippen molar-refractivity contribution in [1.82, 2.24) is 19.8 Å². The molecule has 0 bridgehead atoms. The Morgan fingerprint density at radius 2 is 2.52 bits per heavy atom. The smallest absolute Gasteiger partial charge is 0.268 e. The van der Waals surface area contributed by atoms with Crippen LogP contribution in [0.15, 0.2) is 4.79 Å². The first kappa shape index (κ1) is 7.65. The van der Waals surface area contributed by atoms with Gasteiger partial charge in [0.25, 0.3) is 11.5 Å². The molecular weight excluding hydrogens is 388 g/mol. The van der Waals surface area contributed by atoms with Gasteiger partial charge in [0.1, 0.15) is 15.9 Å². The summed E-state index contributed by atoms with van der Waals surface area (Å²) in [5.41, 5.74) is -3.85. The number of aromatic nitrogens is 2. The fourth-order valence-electron chi connectivity index (χ4n) is 2.17. The Kier molecular flexibility index (Phi) is 2.43. The van der Waals surface area contributed by atoms with Crippen LogP contribution < -0.4 is 10.9 Å². The maximum Gasteiger partial charge on any atom is 0.268 e. The van der Waals surface area contributed by atoms with Crippen LogP contribution in [0.5, 0.6) is 5.75 Å². The van der Waals surface area contributed by atoms with Crippen LogP contribution in [-0.2, 0) is 6.50 Å². The van der Waals surface area contributed by atoms with Gasteiger partial charge in [0.2, 0.25) is 0 Å². The van der Waals surface area contributed by atoms with Crippen molar-refractivity contribution in [3.05, 3.63) is 20.4 Å². The molecule has 27 heavy (non-hydrogen) atoms. The standard InChI is InChI=1S/C18H25ClN4O3S/c1-3-23-16(26)12(14(24)13-17(23)27-18(19)21-13)15(25)20-7-5-9-22-8-4-6-11(2)10-22/h11,24H,3-10H2,1-2H3,(H,20,25)/i1D3,3D2,4D2,6D2,7D,8D2,9D,10D2,11D/hD. The fourth-order valence-corrected chi connectivity index (χ4v) is 3.23. The number of rotatable bonds is 6. The first-order chi connectivity index (χ1) is 19.4. The molecule has 0 radical (unpaired) electrons. The van der Waals surface area contributed by atoms with E-state index >= 15 is 0 Å². The van der Waals surface area contributed by atoms with Gasteiger partial charge in [-0.1, -0.05) is 29.9 Å². The molecule has 0 spiro atoms. The second-order valence-corrected chi connectivity index (χ2v) is 6.66. The Bertz CT molecular complexity index is 1510. The lowest BCUT2D eigenvalue weighted by molar-refractivity contribution is 0.0945. The van der Waals surface area contributed by atoms with Gasteiger partial charge in [-0.3, -0.25) is 14.2 Å². The van der Waals surface area contributed by atoms with E-state index in [2.05, 4.69) is 4.98 Å². The molecule has 148 valence electrons. The van der Waals surface area contributed by atoms with E-state index in [9.17, 15) is 14.7 Å². The number of hydrogen-bond donors (Lipinski definition) is 2. The number of aryl methyl sites for hydroxylation is 1. The largest absolute Gasteiger partial charge is 0.505 e. The SMILES string of the molecule is [2H]C(CC([2H])N1C([2H])([2H])C([2H])([2H])C([2H])([2H])C([2H])(C)C1([2H])[2H])N([2H])C(=O)c1c(O)c2nc(Cl)sc2n(C([2H])([2H])C([2H])([2H])[2H])c1=O. The van der Waals surface area contributed by atoms with Crippen molar-refractivity contribution in [2.24, 2.45) is 5.89 Å². The molecule has 3 heterocycles. The van der Waals surface area contributed by atoms with Gasteiger partial charge in [-0.2, -0.15) is 0 Å². The summed E-state index contributed by atoms with van der Waals surface area (Å²) in [5, 5.41) is 10.4. The average molecular weight is 430 g/mol. The normalized spacial score (nSPS) is 40.9. The molecule has 1 amide bonds. The van der Waals surface area contributed by atoms with Crippen LogP contribution in [0.2, 0.25) is 5.88 Å². The molecule has 9 heteroatoms. The first-order valence-corrected chi connectivity index (χ1v) is 8.55. The highest BCUT2D eigenvalue weighted by Crippen LogP contribution is 2.32. The molecular formula is C18H25ClN4O3S. The van der Waals surface area contributed by atoms with Crippen LogP contribution in [0.25, 0.3) is 10.3 Å². The van der Waals surface area contributed by atoms with Crippen molar-refractivity contribution in [1.29, 1.82) is 0 Å². The van der Waals surface area contributed by atoms with Crippen LogP contribution in [0, 0.1) is 5.89 Å². The minimum atomic E-state index is -3.62. The van der Waals surface area contributed by atoms with Crippen LogP contribution in [-0.4, -0.2) is 51.5 Å². The van der Waals surface area contributed by atoms with E-state index in [-0.39, 0.29) is 14.8 Å². The maximum atomic E-state index is 13.3. The third-order valence-corrected chi connectivity index (χ3v) is 4.45. The quantitative estimate of drug-likeness (QED) is 0.737. The second-order valence-electron chi connectivity index (χ2n) is 5.10. The minimum Gasteiger partial charge on any atom is -0.505 e. The summed E-state index contributed by atoms with van der Waals surface area (Å²) in [6, 6.07) is 0. The Hall–Kier alpha value is -1.64. The van der Waals surface area contributed by atoms with Crippen molar-refractivity contribution < 1.29 is 33.2 Å². The number of hydrogen-bond acceptors (Lipinski definition) is 6. The Morgan fingerprint density at radius 3 is 3.30 bits per heavy atom. The van der Waals surface area contributed by atoms with Crippen molar-refractivity contribution >= 4 is 39.2 Å². The van der Waals surface area contributed by atoms with Crippen molar-refractivity contribution in [3.8, 4) is 5.75 Å². The van der Waals surface area contributed by atoms with E-state index < -0.39 is 102 Å². The fraction of sp³-hybridized carbons (Fsp3) is 0.611. The number of amides is 1. The Morgan fingerprint density at radius 1 is 1.70 bits per heavy atom. The summed E-state index contributed by atoms with van der Waals surface area (Å²) >= 11 is 6.22. The molecule has 2 aromatic heterocycles. The molecule has 1 fully saturated rings. The van der Waals surface area contributed by atoms with E-state index in [0.29, 0.717) is 18.3 Å². The molecule has 2 N–H and O–H groups in total. The highest BCUT2D eigenvalue weighted by Gasteiger charge is 2.24. The Labute approximate surface area is 190 Å². The van der Waals surface area contributed by atoms with Crippen LogP contribution >= 0.6 is 22.9 Å². The second kappa shape index (κ2) is 8.58. The van der Waals surface area contributed by atoms with Crippen molar-refractivity contribution in [2.75, 3.05) is 26.0 Å². The number of pyridine rings is 1. The van der Waals surface area contributed by atoms with Gasteiger partial charge in [-0.25, -0.2) is 4.98 Å². The predicted molar refractivity (Wildman–Crippen MR) is 108 cm³/mol. The molecule has 3 rings (SSSR count). The van der Waals surface area contributed by atoms with Crippen molar-refractivity contribution in [2.45, 2.75) is 39.4 Å². The number of nitrogens with zero attached hydrogens (tertiary/aromatic N) is 3. The van der Waals surface area contributed by atoms with Gasteiger partial charge in [0, 0.05) is 41.4 Å². The highest BCUT2D eigenvalue weighted by molar-refractivity contribution is 7.21. The number of nitrogens with one attached hydrogen (secondary N) is 1. The van der Waals surface area contributed by atoms with E-state index in [1.165, 1.54) is 0 Å². The maximum absolute atomic E-state index is 13.3. The molecule has 0 saturated carbocycles. The lowest BCUT2D eigenvalue weighted by Crippen LogP contribution is -2.37. The summed E-state index contributed by atoms with van der Waals surface area (Å²) < 4.78 is 137. The summed E-state index contributed by atoms with van der Waals surface area (Å²) in [5.74, 6) is -6.11. The third kappa shape index (κ3) is 4.28. The lowest BCUT2D eigenvalue weighted by atomic mass is 10.0. The number of carbonyl (C=O) groups excluding carboxylic acids is 1. The molecule has 1 aliphatic rings. The summed E-state index contributed by atoms with van der Waals surface area (Å²) in [4.78, 5) is 29.6. The van der Waals surface area contributed by atoms with Gasteiger partial charge in [-0.15, -0.1) is 0 Å². The lowest BCUT2D eigenvalue weighted by Gasteiger charge is -2.30. The highest BCUT2D eigenvalue weighted by atomic mass is 35.5. The number of thiazole rings is 1. The van der Waals surface area contributed by atoms with Gasteiger partial charge in [0.05, 0.1) is 0 Å². The number of carbonyl (C=O) groups is 1. The van der Waals surface area contributed by atoms with E-state index in [0.717, 1.165) is 0 Å². The van der Waals surface area contributed by atoms with Gasteiger partial charge < -0.3 is 15.3 Å². The van der Waals surface area contributed by atoms with Crippen molar-refractivity contribution in [3.63, 3.8) is 0 Å². The average Bonchev–Trinajstić information content (AvgIpc) is 3.22. The molecule has 0 aliphatic carbocycles. The number of halogens is 1. The molecule has 3 unspecified atom stereocenters. The minimum absolute atomic E-state index is 0.00610. The zero-order valence-corrected chi connectivity index (χ0v) is 15.3. The number of fused-ring (bicyclic) bond motifs is 1. The van der Waals surface area contributed by atoms with Gasteiger partial charge in [-0.05, 0) is 44.9 Å². The first-order valence-electron chi connectivity index (χ1n) is 16.0. The third-order valence-electron chi connectivity index (χ3n) is 3.31. The van der Waals surface area contributed by atoms with Crippen LogP contribution in [0.3, 0.4) is 0 Å². The Balaban J connectivity index is 2.08. The van der Waals surface area contributed by atoms with Crippen LogP contribution in [0.1, 0.15) is 65.2 Å². The summed E-state index contributed by atoms with van der Waals surface area (Å²) in [6.45, 7) is -18.1. The number of aromatic hydroxyl groups is 1. The summed E-state index contributed by atoms with van der Waals surface area (Å²) in [6.07, 6.45) is -8.23. The summed E-state index contributed by atoms with van der Waals surface area (Å²) in [7, 11) is 0. The molecule has 3 atom stereocenters. The number of piperidine rings is 1. The molecule has 7 nitrogen and oxygen atoms in total. The monoisotopic (exact) mass is 429 g/mol. The molecule has 1 aliphatic heterocycles. The zero-order valence-electron chi connectivity index (χ0n) is 30.7. The predicted octanol–water partition coefficient (Wildman–Crippen LogP) is 2.69. The van der Waals surface area contributed by atoms with E-state index in [1.807, 2.05) is 0 Å². The van der Waals surface area contributed by atoms with E-state index in [1.54, 1.807) is 0 Å². The zero-order chi connectivity index (χ0) is 34.5. The van der Waals surface area contributed by atoms with E-state index in [4.69, 9.17) is 34.9 Å². The van der Waals surface area contributed by atoms with Crippen LogP contribution in [0.4, 0.5) is 0 Å². The van der Waals surface area contributed by atoms with Gasteiger partial charge in [0.15, 0.2) is 11.6 Å². The molecule has 0 aromatic carbocycles. The number of likely N-dealkylation sites (tertiary alicyclic amines) is 1.